The van der Waals surface area contributed by atoms with Crippen molar-refractivity contribution in [1.82, 2.24) is 5.32 Å². The van der Waals surface area contributed by atoms with E-state index in [1.54, 1.807) is 7.11 Å². The Balaban J connectivity index is 2.10. The van der Waals surface area contributed by atoms with Gasteiger partial charge in [0, 0.05) is 30.8 Å². The van der Waals surface area contributed by atoms with Gasteiger partial charge in [-0.2, -0.15) is 11.8 Å². The van der Waals surface area contributed by atoms with E-state index in [1.165, 1.54) is 44.3 Å². The topological polar surface area (TPSA) is 21.3 Å². The van der Waals surface area contributed by atoms with E-state index in [0.29, 0.717) is 6.04 Å². The molecular formula is C13H27NOS. The molecule has 1 N–H and O–H groups in total. The van der Waals surface area contributed by atoms with Gasteiger partial charge in [0.2, 0.25) is 0 Å². The van der Waals surface area contributed by atoms with E-state index < -0.39 is 0 Å². The fourth-order valence-corrected chi connectivity index (χ4v) is 3.77. The molecule has 1 aliphatic carbocycles. The summed E-state index contributed by atoms with van der Waals surface area (Å²) in [6.45, 7) is 4.18. The maximum absolute atomic E-state index is 5.11. The Morgan fingerprint density at radius 3 is 2.75 bits per heavy atom. The van der Waals surface area contributed by atoms with Crippen molar-refractivity contribution >= 4 is 11.8 Å². The van der Waals surface area contributed by atoms with Crippen LogP contribution in [0.15, 0.2) is 0 Å². The molecule has 1 saturated carbocycles. The predicted molar refractivity (Wildman–Crippen MR) is 73.3 cm³/mol. The summed E-state index contributed by atoms with van der Waals surface area (Å²) in [5, 5.41) is 4.54. The van der Waals surface area contributed by atoms with Crippen LogP contribution in [0.5, 0.6) is 0 Å². The monoisotopic (exact) mass is 245 g/mol. The zero-order chi connectivity index (χ0) is 11.6. The van der Waals surface area contributed by atoms with Crippen molar-refractivity contribution in [3.8, 4) is 0 Å². The van der Waals surface area contributed by atoms with Gasteiger partial charge < -0.3 is 10.1 Å². The first-order valence-corrected chi connectivity index (χ1v) is 7.75. The average Bonchev–Trinajstić information content (AvgIpc) is 2.79. The summed E-state index contributed by atoms with van der Waals surface area (Å²) in [6.07, 6.45) is 8.23. The maximum Gasteiger partial charge on any atom is 0.0462 e. The van der Waals surface area contributed by atoms with Gasteiger partial charge in [-0.1, -0.05) is 19.8 Å². The molecule has 1 aliphatic rings. The van der Waals surface area contributed by atoms with Crippen LogP contribution in [-0.2, 0) is 4.74 Å². The Kier molecular flexibility index (Phi) is 8.34. The Morgan fingerprint density at radius 2 is 2.12 bits per heavy atom. The number of methoxy groups -OCH3 is 1. The van der Waals surface area contributed by atoms with Crippen molar-refractivity contribution < 1.29 is 4.74 Å². The molecule has 0 amide bonds. The maximum atomic E-state index is 5.11. The smallest absolute Gasteiger partial charge is 0.0462 e. The van der Waals surface area contributed by atoms with Crippen LogP contribution in [0.2, 0.25) is 0 Å². The number of hydrogen-bond acceptors (Lipinski definition) is 3. The number of nitrogens with one attached hydrogen (secondary N) is 1. The first-order chi connectivity index (χ1) is 7.86. The van der Waals surface area contributed by atoms with Gasteiger partial charge in [-0.3, -0.25) is 0 Å². The standard InChI is InChI=1S/C13H27NOS/c1-3-14-12(7-6-10-15-2)11-16-13-8-4-5-9-13/h12-14H,3-11H2,1-2H3. The van der Waals surface area contributed by atoms with E-state index >= 15 is 0 Å². The molecule has 1 rings (SSSR count). The second-order valence-corrected chi connectivity index (χ2v) is 5.96. The molecule has 0 saturated heterocycles. The highest BCUT2D eigenvalue weighted by Crippen LogP contribution is 2.30. The van der Waals surface area contributed by atoms with Crippen molar-refractivity contribution in [2.75, 3.05) is 26.0 Å². The third-order valence-corrected chi connectivity index (χ3v) is 4.77. The third-order valence-electron chi connectivity index (χ3n) is 3.23. The molecule has 1 atom stereocenters. The summed E-state index contributed by atoms with van der Waals surface area (Å²) in [5.74, 6) is 1.28. The van der Waals surface area contributed by atoms with Crippen LogP contribution in [0.3, 0.4) is 0 Å². The first kappa shape index (κ1) is 14.3. The first-order valence-electron chi connectivity index (χ1n) is 6.70. The molecule has 96 valence electrons. The number of thioether (sulfide) groups is 1. The molecule has 0 aromatic carbocycles. The molecule has 0 radical (unpaired) electrons. The van der Waals surface area contributed by atoms with Crippen LogP contribution in [0.25, 0.3) is 0 Å². The zero-order valence-corrected chi connectivity index (χ0v) is 11.7. The number of ether oxygens (including phenoxy) is 1. The van der Waals surface area contributed by atoms with Gasteiger partial charge in [0.05, 0.1) is 0 Å². The quantitative estimate of drug-likeness (QED) is 0.631. The van der Waals surface area contributed by atoms with Crippen LogP contribution >= 0.6 is 11.8 Å². The second kappa shape index (κ2) is 9.32. The van der Waals surface area contributed by atoms with Crippen molar-refractivity contribution in [3.63, 3.8) is 0 Å². The van der Waals surface area contributed by atoms with E-state index in [1.807, 2.05) is 0 Å². The van der Waals surface area contributed by atoms with Crippen LogP contribution in [0, 0.1) is 0 Å². The highest BCUT2D eigenvalue weighted by Gasteiger charge is 2.17. The minimum Gasteiger partial charge on any atom is -0.385 e. The fraction of sp³-hybridized carbons (Fsp3) is 1.00. The highest BCUT2D eigenvalue weighted by molar-refractivity contribution is 7.99. The predicted octanol–water partition coefficient (Wildman–Crippen LogP) is 3.07. The van der Waals surface area contributed by atoms with Gasteiger partial charge in [-0.15, -0.1) is 0 Å². The molecule has 1 fully saturated rings. The molecule has 0 bridgehead atoms. The number of rotatable bonds is 9. The summed E-state index contributed by atoms with van der Waals surface area (Å²) >= 11 is 2.19. The highest BCUT2D eigenvalue weighted by atomic mass is 32.2. The van der Waals surface area contributed by atoms with Crippen molar-refractivity contribution in [2.24, 2.45) is 0 Å². The fourth-order valence-electron chi connectivity index (χ4n) is 2.31. The van der Waals surface area contributed by atoms with Crippen LogP contribution in [-0.4, -0.2) is 37.3 Å². The Morgan fingerprint density at radius 1 is 1.38 bits per heavy atom. The Hall–Kier alpha value is 0.270. The summed E-state index contributed by atoms with van der Waals surface area (Å²) in [4.78, 5) is 0. The molecular weight excluding hydrogens is 218 g/mol. The molecule has 0 aromatic heterocycles. The zero-order valence-electron chi connectivity index (χ0n) is 10.8. The van der Waals surface area contributed by atoms with E-state index in [2.05, 4.69) is 24.0 Å². The molecule has 1 unspecified atom stereocenters. The Bertz CT molecular complexity index is 160. The van der Waals surface area contributed by atoms with Crippen molar-refractivity contribution in [1.29, 1.82) is 0 Å². The molecule has 3 heteroatoms. The van der Waals surface area contributed by atoms with Crippen LogP contribution in [0.1, 0.15) is 45.4 Å². The summed E-state index contributed by atoms with van der Waals surface area (Å²) in [5.41, 5.74) is 0. The molecule has 0 heterocycles. The minimum atomic E-state index is 0.686. The van der Waals surface area contributed by atoms with Gasteiger partial charge >= 0.3 is 0 Å². The van der Waals surface area contributed by atoms with E-state index in [4.69, 9.17) is 4.74 Å². The van der Waals surface area contributed by atoms with Crippen LogP contribution in [0.4, 0.5) is 0 Å². The SMILES string of the molecule is CCNC(CCCOC)CSC1CCCC1. The van der Waals surface area contributed by atoms with E-state index in [-0.39, 0.29) is 0 Å². The van der Waals surface area contributed by atoms with Gasteiger partial charge in [0.15, 0.2) is 0 Å². The minimum absolute atomic E-state index is 0.686. The molecule has 0 spiro atoms. The number of hydrogen-bond donors (Lipinski definition) is 1. The van der Waals surface area contributed by atoms with Gasteiger partial charge in [0.1, 0.15) is 0 Å². The van der Waals surface area contributed by atoms with Crippen molar-refractivity contribution in [3.05, 3.63) is 0 Å². The molecule has 16 heavy (non-hydrogen) atoms. The van der Waals surface area contributed by atoms with Crippen molar-refractivity contribution in [2.45, 2.75) is 56.7 Å². The molecule has 0 aliphatic heterocycles. The largest absolute Gasteiger partial charge is 0.385 e. The second-order valence-electron chi connectivity index (χ2n) is 4.63. The summed E-state index contributed by atoms with van der Waals surface area (Å²) in [7, 11) is 1.79. The Labute approximate surface area is 105 Å². The van der Waals surface area contributed by atoms with Crippen LogP contribution < -0.4 is 5.32 Å². The summed E-state index contributed by atoms with van der Waals surface area (Å²) in [6, 6.07) is 0.686. The lowest BCUT2D eigenvalue weighted by atomic mass is 10.2. The third kappa shape index (κ3) is 6.12. The lowest BCUT2D eigenvalue weighted by Crippen LogP contribution is -2.32. The van der Waals surface area contributed by atoms with E-state index in [0.717, 1.165) is 18.4 Å². The summed E-state index contributed by atoms with van der Waals surface area (Å²) < 4.78 is 5.11. The van der Waals surface area contributed by atoms with Gasteiger partial charge in [0.25, 0.3) is 0 Å². The van der Waals surface area contributed by atoms with Gasteiger partial charge in [-0.25, -0.2) is 0 Å². The average molecular weight is 245 g/mol. The molecule has 2 nitrogen and oxygen atoms in total. The van der Waals surface area contributed by atoms with E-state index in [9.17, 15) is 0 Å². The molecule has 0 aromatic rings. The lowest BCUT2D eigenvalue weighted by Gasteiger charge is -2.19. The lowest BCUT2D eigenvalue weighted by molar-refractivity contribution is 0.189. The van der Waals surface area contributed by atoms with Gasteiger partial charge in [-0.05, 0) is 32.2 Å². The normalized spacial score (nSPS) is 19.1.